The Bertz CT molecular complexity index is 730. The summed E-state index contributed by atoms with van der Waals surface area (Å²) in [4.78, 5) is 34.1. The molecule has 1 amide bonds. The Labute approximate surface area is 166 Å². The lowest BCUT2D eigenvalue weighted by Gasteiger charge is -2.33. The van der Waals surface area contributed by atoms with Crippen molar-refractivity contribution in [1.29, 1.82) is 0 Å². The molecule has 3 fully saturated rings. The Morgan fingerprint density at radius 3 is 2.57 bits per heavy atom. The maximum Gasteiger partial charge on any atom is 0.329 e. The van der Waals surface area contributed by atoms with E-state index in [0.29, 0.717) is 19.6 Å². The standard InChI is InChI=1S/C22H30N2O4/c1-22(2,3)28-21(26)18-12-11-17-10-9-16-14-27-23(19(16)20(25)24(17)18)13-15-7-5-4-6-8-15/h4-8,16-19H,9-14H2,1-3H3/t16-,17+,18-,19+/m0/s1. The summed E-state index contributed by atoms with van der Waals surface area (Å²) in [6.07, 6.45) is 3.43. The van der Waals surface area contributed by atoms with E-state index in [4.69, 9.17) is 9.57 Å². The highest BCUT2D eigenvalue weighted by molar-refractivity contribution is 5.89. The van der Waals surface area contributed by atoms with Crippen molar-refractivity contribution in [2.24, 2.45) is 5.92 Å². The first-order chi connectivity index (χ1) is 13.3. The molecule has 3 heterocycles. The molecule has 3 aliphatic rings. The zero-order chi connectivity index (χ0) is 19.9. The van der Waals surface area contributed by atoms with Crippen molar-refractivity contribution in [1.82, 2.24) is 9.96 Å². The van der Waals surface area contributed by atoms with Crippen LogP contribution in [0.5, 0.6) is 0 Å². The Morgan fingerprint density at radius 2 is 1.86 bits per heavy atom. The van der Waals surface area contributed by atoms with Crippen LogP contribution in [0.15, 0.2) is 30.3 Å². The molecule has 1 aromatic rings. The van der Waals surface area contributed by atoms with Gasteiger partial charge in [-0.15, -0.1) is 0 Å². The highest BCUT2D eigenvalue weighted by atomic mass is 16.7. The number of fused-ring (bicyclic) bond motifs is 2. The molecular formula is C22H30N2O4. The first-order valence-corrected chi connectivity index (χ1v) is 10.3. The van der Waals surface area contributed by atoms with E-state index < -0.39 is 11.6 Å². The summed E-state index contributed by atoms with van der Waals surface area (Å²) in [6, 6.07) is 9.38. The Hall–Kier alpha value is -1.92. The molecule has 3 aliphatic heterocycles. The lowest BCUT2D eigenvalue weighted by Crippen LogP contribution is -2.52. The molecule has 0 unspecified atom stereocenters. The van der Waals surface area contributed by atoms with Crippen molar-refractivity contribution in [3.8, 4) is 0 Å². The second-order valence-electron chi connectivity index (χ2n) is 9.16. The normalized spacial score (nSPS) is 30.7. The molecule has 0 aliphatic carbocycles. The SMILES string of the molecule is CC(C)(C)OC(=O)[C@@H]1CC[C@H]2CC[C@H]3CON(Cc4ccccc4)[C@H]3C(=O)N21. The van der Waals surface area contributed by atoms with Crippen molar-refractivity contribution in [2.75, 3.05) is 6.61 Å². The van der Waals surface area contributed by atoms with Gasteiger partial charge in [-0.05, 0) is 52.0 Å². The lowest BCUT2D eigenvalue weighted by molar-refractivity contribution is -0.173. The lowest BCUT2D eigenvalue weighted by atomic mass is 9.95. The molecule has 1 aromatic carbocycles. The Kier molecular flexibility index (Phi) is 5.19. The van der Waals surface area contributed by atoms with Crippen molar-refractivity contribution in [2.45, 2.75) is 76.7 Å². The number of benzene rings is 1. The third-order valence-corrected chi connectivity index (χ3v) is 5.95. The number of ether oxygens (including phenoxy) is 1. The third-order valence-electron chi connectivity index (χ3n) is 5.95. The molecule has 0 aromatic heterocycles. The van der Waals surface area contributed by atoms with E-state index in [9.17, 15) is 9.59 Å². The first kappa shape index (κ1) is 19.4. The number of nitrogens with zero attached hydrogens (tertiary/aromatic N) is 2. The van der Waals surface area contributed by atoms with Crippen molar-refractivity contribution in [3.63, 3.8) is 0 Å². The predicted molar refractivity (Wildman–Crippen MR) is 104 cm³/mol. The number of amides is 1. The predicted octanol–water partition coefficient (Wildman–Crippen LogP) is 2.91. The van der Waals surface area contributed by atoms with Gasteiger partial charge < -0.3 is 9.64 Å². The summed E-state index contributed by atoms with van der Waals surface area (Å²) in [5, 5.41) is 1.83. The second-order valence-corrected chi connectivity index (χ2v) is 9.16. The average Bonchev–Trinajstić information content (AvgIpc) is 3.20. The number of hydrogen-bond donors (Lipinski definition) is 0. The molecule has 6 heteroatoms. The van der Waals surface area contributed by atoms with Crippen LogP contribution in [0, 0.1) is 5.92 Å². The minimum absolute atomic E-state index is 0.0225. The number of carbonyl (C=O) groups excluding carboxylic acids is 2. The fraction of sp³-hybridized carbons (Fsp3) is 0.636. The number of hydroxylamine groups is 2. The maximum atomic E-state index is 13.6. The van der Waals surface area contributed by atoms with Crippen LogP contribution in [0.25, 0.3) is 0 Å². The van der Waals surface area contributed by atoms with E-state index in [0.717, 1.165) is 24.8 Å². The van der Waals surface area contributed by atoms with Gasteiger partial charge in [0, 0.05) is 18.5 Å². The molecule has 0 radical (unpaired) electrons. The van der Waals surface area contributed by atoms with Gasteiger partial charge in [-0.2, -0.15) is 5.06 Å². The van der Waals surface area contributed by atoms with Crippen molar-refractivity contribution in [3.05, 3.63) is 35.9 Å². The number of carbonyl (C=O) groups is 2. The highest BCUT2D eigenvalue weighted by Crippen LogP contribution is 2.39. The van der Waals surface area contributed by atoms with Crippen molar-refractivity contribution >= 4 is 11.9 Å². The molecule has 28 heavy (non-hydrogen) atoms. The minimum Gasteiger partial charge on any atom is -0.458 e. The van der Waals surface area contributed by atoms with E-state index in [2.05, 4.69) is 0 Å². The average molecular weight is 386 g/mol. The molecular weight excluding hydrogens is 356 g/mol. The molecule has 0 bridgehead atoms. The molecule has 0 spiro atoms. The minimum atomic E-state index is -0.553. The summed E-state index contributed by atoms with van der Waals surface area (Å²) < 4.78 is 5.62. The quantitative estimate of drug-likeness (QED) is 0.748. The highest BCUT2D eigenvalue weighted by Gasteiger charge is 2.52. The van der Waals surface area contributed by atoms with Gasteiger partial charge >= 0.3 is 5.97 Å². The van der Waals surface area contributed by atoms with Crippen LogP contribution in [-0.2, 0) is 25.7 Å². The summed E-state index contributed by atoms with van der Waals surface area (Å²) in [6.45, 7) is 6.74. The molecule has 4 atom stereocenters. The van der Waals surface area contributed by atoms with Crippen LogP contribution >= 0.6 is 0 Å². The van der Waals surface area contributed by atoms with Gasteiger partial charge in [-0.1, -0.05) is 30.3 Å². The number of esters is 1. The van der Waals surface area contributed by atoms with Gasteiger partial charge in [0.15, 0.2) is 0 Å². The molecule has 0 N–H and O–H groups in total. The largest absolute Gasteiger partial charge is 0.458 e. The molecule has 0 saturated carbocycles. The second kappa shape index (κ2) is 7.48. The van der Waals surface area contributed by atoms with E-state index in [1.807, 2.05) is 61.1 Å². The monoisotopic (exact) mass is 386 g/mol. The van der Waals surface area contributed by atoms with Gasteiger partial charge in [-0.3, -0.25) is 9.63 Å². The van der Waals surface area contributed by atoms with Crippen molar-refractivity contribution < 1.29 is 19.2 Å². The summed E-state index contributed by atoms with van der Waals surface area (Å²) in [5.41, 5.74) is 0.560. The fourth-order valence-electron chi connectivity index (χ4n) is 4.73. The van der Waals surface area contributed by atoms with E-state index in [1.54, 1.807) is 0 Å². The van der Waals surface area contributed by atoms with E-state index in [-0.39, 0.29) is 29.9 Å². The molecule has 152 valence electrons. The van der Waals surface area contributed by atoms with Crippen LogP contribution in [0.3, 0.4) is 0 Å². The van der Waals surface area contributed by atoms with Gasteiger partial charge in [0.05, 0.1) is 6.61 Å². The summed E-state index contributed by atoms with van der Waals surface area (Å²) in [7, 11) is 0. The van der Waals surface area contributed by atoms with Crippen LogP contribution in [0.4, 0.5) is 0 Å². The summed E-state index contributed by atoms with van der Waals surface area (Å²) >= 11 is 0. The first-order valence-electron chi connectivity index (χ1n) is 10.3. The van der Waals surface area contributed by atoms with Crippen LogP contribution in [-0.4, -0.2) is 52.2 Å². The van der Waals surface area contributed by atoms with Crippen LogP contribution < -0.4 is 0 Å². The third kappa shape index (κ3) is 3.80. The summed E-state index contributed by atoms with van der Waals surface area (Å²) in [5.74, 6) is -0.0780. The molecule has 6 nitrogen and oxygen atoms in total. The van der Waals surface area contributed by atoms with Gasteiger partial charge in [0.2, 0.25) is 5.91 Å². The Morgan fingerprint density at radius 1 is 1.14 bits per heavy atom. The smallest absolute Gasteiger partial charge is 0.329 e. The zero-order valence-electron chi connectivity index (χ0n) is 17.0. The van der Waals surface area contributed by atoms with E-state index in [1.165, 1.54) is 0 Å². The Balaban J connectivity index is 1.55. The topological polar surface area (TPSA) is 59.1 Å². The number of hydrogen-bond acceptors (Lipinski definition) is 5. The molecule has 3 saturated heterocycles. The zero-order valence-corrected chi connectivity index (χ0v) is 17.0. The van der Waals surface area contributed by atoms with Crippen LogP contribution in [0.2, 0.25) is 0 Å². The van der Waals surface area contributed by atoms with Gasteiger partial charge in [0.25, 0.3) is 0 Å². The van der Waals surface area contributed by atoms with Crippen LogP contribution in [0.1, 0.15) is 52.0 Å². The van der Waals surface area contributed by atoms with Gasteiger partial charge in [-0.25, -0.2) is 4.79 Å². The van der Waals surface area contributed by atoms with Gasteiger partial charge in [0.1, 0.15) is 17.7 Å². The number of rotatable bonds is 3. The fourth-order valence-corrected chi connectivity index (χ4v) is 4.73. The maximum absolute atomic E-state index is 13.6. The molecule has 4 rings (SSSR count). The van der Waals surface area contributed by atoms with E-state index >= 15 is 0 Å².